The minimum Gasteiger partial charge on any atom is -0.408 e. The van der Waals surface area contributed by atoms with Crippen molar-refractivity contribution in [2.45, 2.75) is 13.0 Å². The number of aromatic amines is 1. The Labute approximate surface area is 120 Å². The molecular weight excluding hydrogens is 271 g/mol. The van der Waals surface area contributed by atoms with Crippen molar-refractivity contribution in [2.75, 3.05) is 7.05 Å². The number of nitrogens with one attached hydrogen (secondary N) is 2. The van der Waals surface area contributed by atoms with Crippen LogP contribution >= 0.6 is 0 Å². The summed E-state index contributed by atoms with van der Waals surface area (Å²) in [5, 5.41) is 3.10. The lowest BCUT2D eigenvalue weighted by Crippen LogP contribution is -2.19. The second-order valence-electron chi connectivity index (χ2n) is 4.97. The number of aromatic nitrogens is 1. The summed E-state index contributed by atoms with van der Waals surface area (Å²) >= 11 is 0. The third-order valence-electron chi connectivity index (χ3n) is 3.60. The topological polar surface area (TPSA) is 58.0 Å². The molecule has 3 rings (SSSR count). The van der Waals surface area contributed by atoms with E-state index in [0.717, 1.165) is 5.56 Å². The Morgan fingerprint density at radius 3 is 2.86 bits per heavy atom. The first-order chi connectivity index (χ1) is 10.1. The Balaban J connectivity index is 2.13. The van der Waals surface area contributed by atoms with Gasteiger partial charge in [0.05, 0.1) is 11.6 Å². The minimum absolute atomic E-state index is 0.229. The molecule has 1 heterocycles. The molecule has 0 fully saturated rings. The highest BCUT2D eigenvalue weighted by atomic mass is 19.1. The van der Waals surface area contributed by atoms with E-state index in [-0.39, 0.29) is 11.9 Å². The molecule has 0 amide bonds. The van der Waals surface area contributed by atoms with Gasteiger partial charge in [-0.3, -0.25) is 4.98 Å². The van der Waals surface area contributed by atoms with Gasteiger partial charge in [-0.05, 0) is 37.2 Å². The van der Waals surface area contributed by atoms with Gasteiger partial charge >= 0.3 is 5.76 Å². The molecule has 0 aliphatic heterocycles. The molecular formula is C16H15FN2O2. The van der Waals surface area contributed by atoms with Crippen molar-refractivity contribution in [3.05, 3.63) is 69.5 Å². The monoisotopic (exact) mass is 286 g/mol. The van der Waals surface area contributed by atoms with E-state index in [2.05, 4.69) is 10.3 Å². The Morgan fingerprint density at radius 2 is 2.10 bits per heavy atom. The zero-order valence-corrected chi connectivity index (χ0v) is 11.7. The molecule has 108 valence electrons. The van der Waals surface area contributed by atoms with Gasteiger partial charge < -0.3 is 9.73 Å². The van der Waals surface area contributed by atoms with Crippen LogP contribution in [0.1, 0.15) is 22.7 Å². The van der Waals surface area contributed by atoms with Gasteiger partial charge in [0.25, 0.3) is 0 Å². The first kappa shape index (κ1) is 13.6. The number of rotatable bonds is 3. The summed E-state index contributed by atoms with van der Waals surface area (Å²) in [6, 6.07) is 10.4. The second kappa shape index (κ2) is 5.18. The van der Waals surface area contributed by atoms with E-state index < -0.39 is 5.76 Å². The molecule has 4 nitrogen and oxygen atoms in total. The van der Waals surface area contributed by atoms with Gasteiger partial charge in [0.1, 0.15) is 5.82 Å². The van der Waals surface area contributed by atoms with Crippen LogP contribution in [0.3, 0.4) is 0 Å². The van der Waals surface area contributed by atoms with Crippen LogP contribution in [0.4, 0.5) is 4.39 Å². The van der Waals surface area contributed by atoms with Gasteiger partial charge in [0.2, 0.25) is 0 Å². The van der Waals surface area contributed by atoms with Crippen LogP contribution < -0.4 is 11.1 Å². The summed E-state index contributed by atoms with van der Waals surface area (Å²) in [7, 11) is 1.77. The van der Waals surface area contributed by atoms with E-state index in [0.29, 0.717) is 22.2 Å². The van der Waals surface area contributed by atoms with Crippen molar-refractivity contribution in [3.8, 4) is 0 Å². The van der Waals surface area contributed by atoms with Crippen molar-refractivity contribution in [1.82, 2.24) is 10.3 Å². The lowest BCUT2D eigenvalue weighted by Gasteiger charge is -2.18. The summed E-state index contributed by atoms with van der Waals surface area (Å²) in [6.45, 7) is 1.74. The summed E-state index contributed by atoms with van der Waals surface area (Å²) in [6.07, 6.45) is 0. The molecule has 0 aliphatic carbocycles. The number of oxazole rings is 1. The van der Waals surface area contributed by atoms with Crippen LogP contribution in [-0.4, -0.2) is 12.0 Å². The van der Waals surface area contributed by atoms with Gasteiger partial charge in [-0.1, -0.05) is 24.3 Å². The Kier molecular flexibility index (Phi) is 3.35. The molecule has 1 unspecified atom stereocenters. The summed E-state index contributed by atoms with van der Waals surface area (Å²) in [5.41, 5.74) is 3.09. The lowest BCUT2D eigenvalue weighted by molar-refractivity contribution is 0.552. The van der Waals surface area contributed by atoms with Crippen LogP contribution in [-0.2, 0) is 0 Å². The van der Waals surface area contributed by atoms with Gasteiger partial charge in [-0.15, -0.1) is 0 Å². The molecule has 0 saturated carbocycles. The molecule has 3 aromatic rings. The standard InChI is InChI=1S/C16H15FN2O2/c1-9-4-3-5-11(14(9)17)15(18-2)10-6-7-12-13(8-10)21-16(20)19-12/h3-8,15,18H,1-2H3,(H,19,20). The average molecular weight is 286 g/mol. The molecule has 21 heavy (non-hydrogen) atoms. The third-order valence-corrected chi connectivity index (χ3v) is 3.60. The van der Waals surface area contributed by atoms with E-state index in [1.807, 2.05) is 12.1 Å². The molecule has 2 aromatic carbocycles. The molecule has 2 N–H and O–H groups in total. The maximum absolute atomic E-state index is 14.3. The van der Waals surface area contributed by atoms with Crippen molar-refractivity contribution >= 4 is 11.1 Å². The number of benzene rings is 2. The Hall–Kier alpha value is -2.40. The van der Waals surface area contributed by atoms with Crippen LogP contribution in [0.5, 0.6) is 0 Å². The predicted molar refractivity (Wildman–Crippen MR) is 78.9 cm³/mol. The highest BCUT2D eigenvalue weighted by Crippen LogP contribution is 2.27. The number of halogens is 1. The molecule has 0 radical (unpaired) electrons. The largest absolute Gasteiger partial charge is 0.417 e. The lowest BCUT2D eigenvalue weighted by atomic mass is 9.96. The number of hydrogen-bond acceptors (Lipinski definition) is 3. The smallest absolute Gasteiger partial charge is 0.408 e. The highest BCUT2D eigenvalue weighted by molar-refractivity contribution is 5.73. The first-order valence-corrected chi connectivity index (χ1v) is 6.65. The summed E-state index contributed by atoms with van der Waals surface area (Å²) in [4.78, 5) is 13.8. The van der Waals surface area contributed by atoms with Crippen molar-refractivity contribution in [1.29, 1.82) is 0 Å². The predicted octanol–water partition coefficient (Wildman–Crippen LogP) is 2.88. The van der Waals surface area contributed by atoms with Crippen LogP contribution in [0, 0.1) is 12.7 Å². The normalized spacial score (nSPS) is 12.7. The average Bonchev–Trinajstić information content (AvgIpc) is 2.83. The van der Waals surface area contributed by atoms with Crippen molar-refractivity contribution < 1.29 is 8.81 Å². The summed E-state index contributed by atoms with van der Waals surface area (Å²) in [5.74, 6) is -0.725. The molecule has 1 atom stereocenters. The quantitative estimate of drug-likeness (QED) is 0.778. The fraction of sp³-hybridized carbons (Fsp3) is 0.188. The second-order valence-corrected chi connectivity index (χ2v) is 4.97. The number of aryl methyl sites for hydroxylation is 1. The van der Waals surface area contributed by atoms with E-state index >= 15 is 0 Å². The van der Waals surface area contributed by atoms with E-state index in [1.54, 1.807) is 38.2 Å². The van der Waals surface area contributed by atoms with Gasteiger partial charge in [-0.25, -0.2) is 9.18 Å². The number of fused-ring (bicyclic) bond motifs is 1. The molecule has 0 saturated heterocycles. The zero-order chi connectivity index (χ0) is 15.0. The highest BCUT2D eigenvalue weighted by Gasteiger charge is 2.18. The molecule has 0 spiro atoms. The SMILES string of the molecule is CNC(c1ccc2[nH]c(=O)oc2c1)c1cccc(C)c1F. The fourth-order valence-corrected chi connectivity index (χ4v) is 2.54. The third kappa shape index (κ3) is 2.36. The van der Waals surface area contributed by atoms with Crippen molar-refractivity contribution in [2.24, 2.45) is 0 Å². The zero-order valence-electron chi connectivity index (χ0n) is 11.7. The fourth-order valence-electron chi connectivity index (χ4n) is 2.54. The molecule has 0 aliphatic rings. The first-order valence-electron chi connectivity index (χ1n) is 6.65. The van der Waals surface area contributed by atoms with E-state index in [1.165, 1.54) is 0 Å². The van der Waals surface area contributed by atoms with Gasteiger partial charge in [0.15, 0.2) is 5.58 Å². The van der Waals surface area contributed by atoms with Crippen LogP contribution in [0.15, 0.2) is 45.6 Å². The minimum atomic E-state index is -0.495. The van der Waals surface area contributed by atoms with Gasteiger partial charge in [-0.2, -0.15) is 0 Å². The van der Waals surface area contributed by atoms with Crippen LogP contribution in [0.2, 0.25) is 0 Å². The molecule has 1 aromatic heterocycles. The maximum Gasteiger partial charge on any atom is 0.417 e. The van der Waals surface area contributed by atoms with E-state index in [9.17, 15) is 9.18 Å². The van der Waals surface area contributed by atoms with Crippen LogP contribution in [0.25, 0.3) is 11.1 Å². The summed E-state index contributed by atoms with van der Waals surface area (Å²) < 4.78 is 19.4. The van der Waals surface area contributed by atoms with Crippen molar-refractivity contribution in [3.63, 3.8) is 0 Å². The van der Waals surface area contributed by atoms with Gasteiger partial charge in [0, 0.05) is 5.56 Å². The maximum atomic E-state index is 14.3. The Bertz CT molecular complexity index is 851. The molecule has 5 heteroatoms. The van der Waals surface area contributed by atoms with E-state index in [4.69, 9.17) is 4.42 Å². The Morgan fingerprint density at radius 1 is 1.29 bits per heavy atom. The number of H-pyrrole nitrogens is 1. The number of hydrogen-bond donors (Lipinski definition) is 2. The molecule has 0 bridgehead atoms.